The number of amides is 1. The summed E-state index contributed by atoms with van der Waals surface area (Å²) in [6.45, 7) is 4.72. The molecule has 0 bridgehead atoms. The van der Waals surface area contributed by atoms with Crippen molar-refractivity contribution in [1.82, 2.24) is 15.2 Å². The number of fused-ring (bicyclic) bond motifs is 1. The van der Waals surface area contributed by atoms with Gasteiger partial charge in [-0.2, -0.15) is 0 Å². The van der Waals surface area contributed by atoms with E-state index >= 15 is 0 Å². The molecule has 1 aliphatic heterocycles. The zero-order valence-corrected chi connectivity index (χ0v) is 16.5. The Balaban J connectivity index is 1.46. The third-order valence-corrected chi connectivity index (χ3v) is 5.42. The molecule has 1 saturated heterocycles. The molecule has 29 heavy (non-hydrogen) atoms. The van der Waals surface area contributed by atoms with Crippen LogP contribution in [0.25, 0.3) is 11.0 Å². The molecular formula is C22H25FN4O2. The Bertz CT molecular complexity index is 986. The Kier molecular flexibility index (Phi) is 5.76. The van der Waals surface area contributed by atoms with Crippen LogP contribution in [0.3, 0.4) is 0 Å². The molecule has 0 unspecified atom stereocenters. The summed E-state index contributed by atoms with van der Waals surface area (Å²) >= 11 is 0. The van der Waals surface area contributed by atoms with Crippen LogP contribution in [-0.4, -0.2) is 41.5 Å². The van der Waals surface area contributed by atoms with E-state index < -0.39 is 0 Å². The highest BCUT2D eigenvalue weighted by atomic mass is 19.1. The Morgan fingerprint density at radius 2 is 2.10 bits per heavy atom. The normalized spacial score (nSPS) is 17.4. The number of halogens is 1. The van der Waals surface area contributed by atoms with E-state index in [1.54, 1.807) is 30.5 Å². The molecule has 1 aliphatic rings. The maximum Gasteiger partial charge on any atom is 0.270 e. The van der Waals surface area contributed by atoms with E-state index in [2.05, 4.69) is 27.4 Å². The first kappa shape index (κ1) is 19.4. The number of carbonyl (C=O) groups excluding carboxylic acids is 1. The van der Waals surface area contributed by atoms with Crippen molar-refractivity contribution in [2.24, 2.45) is 0 Å². The van der Waals surface area contributed by atoms with Crippen LogP contribution in [0.1, 0.15) is 36.7 Å². The molecule has 7 heteroatoms. The Hall–Kier alpha value is -2.93. The first-order valence-electron chi connectivity index (χ1n) is 10.0. The fourth-order valence-corrected chi connectivity index (χ4v) is 3.74. The van der Waals surface area contributed by atoms with Gasteiger partial charge in [0.1, 0.15) is 22.9 Å². The molecule has 3 heterocycles. The predicted octanol–water partition coefficient (Wildman–Crippen LogP) is 4.31. The zero-order chi connectivity index (χ0) is 20.2. The Labute approximate surface area is 169 Å². The van der Waals surface area contributed by atoms with Crippen LogP contribution in [0.5, 0.6) is 0 Å². The van der Waals surface area contributed by atoms with E-state index in [4.69, 9.17) is 4.42 Å². The molecule has 4 rings (SSSR count). The van der Waals surface area contributed by atoms with Crippen molar-refractivity contribution in [1.29, 1.82) is 0 Å². The van der Waals surface area contributed by atoms with E-state index in [0.29, 0.717) is 29.7 Å². The minimum absolute atomic E-state index is 0.241. The van der Waals surface area contributed by atoms with Crippen LogP contribution >= 0.6 is 0 Å². The molecule has 2 aromatic heterocycles. The zero-order valence-electron chi connectivity index (χ0n) is 16.5. The van der Waals surface area contributed by atoms with Crippen molar-refractivity contribution in [3.05, 3.63) is 54.2 Å². The maximum atomic E-state index is 13.2. The second-order valence-electron chi connectivity index (χ2n) is 7.46. The molecule has 0 aliphatic carbocycles. The van der Waals surface area contributed by atoms with Crippen molar-refractivity contribution in [2.75, 3.05) is 25.0 Å². The van der Waals surface area contributed by atoms with Crippen molar-refractivity contribution >= 4 is 28.4 Å². The van der Waals surface area contributed by atoms with Gasteiger partial charge in [0.05, 0.1) is 11.6 Å². The molecule has 1 fully saturated rings. The van der Waals surface area contributed by atoms with Gasteiger partial charge in [-0.15, -0.1) is 0 Å². The summed E-state index contributed by atoms with van der Waals surface area (Å²) in [6, 6.07) is 9.97. The van der Waals surface area contributed by atoms with Gasteiger partial charge in [0, 0.05) is 30.9 Å². The van der Waals surface area contributed by atoms with E-state index in [-0.39, 0.29) is 17.4 Å². The lowest BCUT2D eigenvalue weighted by molar-refractivity contribution is 0.0933. The highest BCUT2D eigenvalue weighted by molar-refractivity contribution is 5.99. The lowest BCUT2D eigenvalue weighted by Crippen LogP contribution is -2.42. The fourth-order valence-electron chi connectivity index (χ4n) is 3.74. The Morgan fingerprint density at radius 3 is 2.90 bits per heavy atom. The van der Waals surface area contributed by atoms with Gasteiger partial charge in [-0.3, -0.25) is 9.69 Å². The number of piperidine rings is 1. The number of likely N-dealkylation sites (tertiary alicyclic amines) is 1. The number of carbonyl (C=O) groups is 1. The summed E-state index contributed by atoms with van der Waals surface area (Å²) in [5.41, 5.74) is 1.53. The first-order valence-corrected chi connectivity index (χ1v) is 10.0. The monoisotopic (exact) mass is 396 g/mol. The van der Waals surface area contributed by atoms with Crippen molar-refractivity contribution < 1.29 is 13.6 Å². The van der Waals surface area contributed by atoms with Gasteiger partial charge in [-0.25, -0.2) is 9.37 Å². The molecule has 2 N–H and O–H groups in total. The number of benzene rings is 1. The number of hydrogen-bond acceptors (Lipinski definition) is 5. The van der Waals surface area contributed by atoms with E-state index in [1.165, 1.54) is 31.4 Å². The minimum atomic E-state index is -0.312. The van der Waals surface area contributed by atoms with Crippen LogP contribution in [0.15, 0.2) is 47.1 Å². The number of nitrogens with zero attached hydrogens (tertiary/aromatic N) is 2. The molecule has 3 aromatic rings. The van der Waals surface area contributed by atoms with E-state index in [0.717, 1.165) is 18.5 Å². The van der Waals surface area contributed by atoms with Crippen LogP contribution in [0.4, 0.5) is 15.9 Å². The van der Waals surface area contributed by atoms with E-state index in [1.807, 2.05) is 0 Å². The summed E-state index contributed by atoms with van der Waals surface area (Å²) in [7, 11) is 0. The number of furan rings is 1. The number of rotatable bonds is 6. The van der Waals surface area contributed by atoms with Crippen molar-refractivity contribution in [2.45, 2.75) is 32.2 Å². The molecule has 6 nitrogen and oxygen atoms in total. The average Bonchev–Trinajstić information content (AvgIpc) is 3.20. The number of aromatic nitrogens is 1. The second-order valence-corrected chi connectivity index (χ2v) is 7.46. The highest BCUT2D eigenvalue weighted by Gasteiger charge is 2.19. The Morgan fingerprint density at radius 1 is 1.28 bits per heavy atom. The molecule has 0 radical (unpaired) electrons. The molecular weight excluding hydrogens is 371 g/mol. The van der Waals surface area contributed by atoms with Gasteiger partial charge in [-0.1, -0.05) is 6.42 Å². The van der Waals surface area contributed by atoms with Gasteiger partial charge in [0.15, 0.2) is 0 Å². The first-order chi connectivity index (χ1) is 14.1. The van der Waals surface area contributed by atoms with Gasteiger partial charge in [-0.05, 0) is 56.6 Å². The van der Waals surface area contributed by atoms with Gasteiger partial charge in [0.2, 0.25) is 0 Å². The van der Waals surface area contributed by atoms with Crippen molar-refractivity contribution in [3.63, 3.8) is 0 Å². The van der Waals surface area contributed by atoms with Crippen molar-refractivity contribution in [3.8, 4) is 0 Å². The summed E-state index contributed by atoms with van der Waals surface area (Å²) in [5, 5.41) is 6.86. The molecule has 1 aromatic carbocycles. The predicted molar refractivity (Wildman–Crippen MR) is 111 cm³/mol. The number of anilines is 2. The van der Waals surface area contributed by atoms with Crippen LogP contribution in [0, 0.1) is 5.82 Å². The molecule has 1 amide bonds. The number of hydrogen-bond donors (Lipinski definition) is 2. The SMILES string of the molecule is C[C@H]1CCCCN1CCNC(=O)c1cc2occc2c(Nc2ccc(F)cc2)n1. The lowest BCUT2D eigenvalue weighted by atomic mass is 10.0. The quantitative estimate of drug-likeness (QED) is 0.650. The number of pyridine rings is 1. The summed E-state index contributed by atoms with van der Waals surface area (Å²) in [4.78, 5) is 19.6. The van der Waals surface area contributed by atoms with Gasteiger partial charge >= 0.3 is 0 Å². The summed E-state index contributed by atoms with van der Waals surface area (Å²) < 4.78 is 18.7. The smallest absolute Gasteiger partial charge is 0.270 e. The van der Waals surface area contributed by atoms with Crippen LogP contribution in [0.2, 0.25) is 0 Å². The van der Waals surface area contributed by atoms with Gasteiger partial charge in [0.25, 0.3) is 5.91 Å². The maximum absolute atomic E-state index is 13.2. The highest BCUT2D eigenvalue weighted by Crippen LogP contribution is 2.26. The van der Waals surface area contributed by atoms with E-state index in [9.17, 15) is 9.18 Å². The standard InChI is InChI=1S/C22H25FN4O2/c1-15-4-2-3-11-27(15)12-10-24-22(28)19-14-20-18(9-13-29-20)21(26-19)25-17-7-5-16(23)6-8-17/h5-9,13-15H,2-4,10-12H2,1H3,(H,24,28)(H,25,26)/t15-/m0/s1. The summed E-state index contributed by atoms with van der Waals surface area (Å²) in [6.07, 6.45) is 5.26. The second kappa shape index (κ2) is 8.61. The number of nitrogens with one attached hydrogen (secondary N) is 2. The average molecular weight is 396 g/mol. The minimum Gasteiger partial charge on any atom is -0.464 e. The third-order valence-electron chi connectivity index (χ3n) is 5.42. The summed E-state index contributed by atoms with van der Waals surface area (Å²) in [5.74, 6) is -0.0547. The lowest BCUT2D eigenvalue weighted by Gasteiger charge is -2.33. The van der Waals surface area contributed by atoms with Crippen LogP contribution in [-0.2, 0) is 0 Å². The molecule has 1 atom stereocenters. The third kappa shape index (κ3) is 4.56. The fraction of sp³-hybridized carbons (Fsp3) is 0.364. The topological polar surface area (TPSA) is 70.4 Å². The largest absolute Gasteiger partial charge is 0.464 e. The molecule has 0 saturated carbocycles. The van der Waals surface area contributed by atoms with Gasteiger partial charge < -0.3 is 15.1 Å². The molecule has 152 valence electrons. The van der Waals surface area contributed by atoms with Crippen LogP contribution < -0.4 is 10.6 Å². The molecule has 0 spiro atoms.